The molecule has 1 aromatic carbocycles. The van der Waals surface area contributed by atoms with Crippen LogP contribution in [0.25, 0.3) is 0 Å². The number of hydrogen-bond donors (Lipinski definition) is 0. The number of hydrogen-bond acceptors (Lipinski definition) is 3. The Morgan fingerprint density at radius 1 is 1.24 bits per heavy atom. The monoisotopic (exact) mass is 337 g/mol. The largest absolute Gasteiger partial charge is 0.293 e. The van der Waals surface area contributed by atoms with Crippen molar-refractivity contribution in [2.45, 2.75) is 21.7 Å². The van der Waals surface area contributed by atoms with Crippen LogP contribution >= 0.6 is 35.0 Å². The molecule has 1 fully saturated rings. The number of thioether (sulfide) groups is 1. The summed E-state index contributed by atoms with van der Waals surface area (Å²) < 4.78 is -0.625. The van der Waals surface area contributed by atoms with Gasteiger partial charge in [-0.05, 0) is 24.1 Å². The molecule has 0 aliphatic heterocycles. The molecular formula is C16H13Cl2NOS. The maximum atomic E-state index is 12.1. The highest BCUT2D eigenvalue weighted by Gasteiger charge is 2.52. The van der Waals surface area contributed by atoms with Crippen molar-refractivity contribution >= 4 is 40.7 Å². The van der Waals surface area contributed by atoms with E-state index in [1.807, 2.05) is 42.5 Å². The van der Waals surface area contributed by atoms with Gasteiger partial charge in [-0.15, -0.1) is 23.2 Å². The van der Waals surface area contributed by atoms with Gasteiger partial charge in [0.2, 0.25) is 0 Å². The fraction of sp³-hybridized carbons (Fsp3) is 0.250. The van der Waals surface area contributed by atoms with Crippen molar-refractivity contribution in [3.05, 3.63) is 59.8 Å². The summed E-state index contributed by atoms with van der Waals surface area (Å²) in [6.07, 6.45) is 2.50. The zero-order valence-corrected chi connectivity index (χ0v) is 13.5. The summed E-state index contributed by atoms with van der Waals surface area (Å²) in [4.78, 5) is 16.3. The predicted molar refractivity (Wildman–Crippen MR) is 87.5 cm³/mol. The van der Waals surface area contributed by atoms with E-state index in [0.717, 1.165) is 17.0 Å². The van der Waals surface area contributed by atoms with Gasteiger partial charge < -0.3 is 0 Å². The Morgan fingerprint density at radius 2 is 1.95 bits per heavy atom. The minimum absolute atomic E-state index is 0.0935. The van der Waals surface area contributed by atoms with Gasteiger partial charge in [0.15, 0.2) is 5.78 Å². The summed E-state index contributed by atoms with van der Waals surface area (Å²) in [5, 5.41) is 0.856. The first-order chi connectivity index (χ1) is 10.1. The summed E-state index contributed by atoms with van der Waals surface area (Å²) in [5.74, 6) is 0.665. The average molecular weight is 338 g/mol. The molecule has 0 radical (unpaired) electrons. The number of halogens is 2. The van der Waals surface area contributed by atoms with E-state index in [4.69, 9.17) is 23.2 Å². The lowest BCUT2D eigenvalue weighted by molar-refractivity contribution is 0.102. The number of Topliss-reactive ketones (excluding diaryl/α,β-unsaturated/α-hetero) is 1. The highest BCUT2D eigenvalue weighted by atomic mass is 35.5. The van der Waals surface area contributed by atoms with Gasteiger partial charge in [-0.25, -0.2) is 4.98 Å². The Hall–Kier alpha value is -1.03. The predicted octanol–water partition coefficient (Wildman–Crippen LogP) is 4.72. The van der Waals surface area contributed by atoms with Crippen LogP contribution in [-0.2, 0) is 0 Å². The van der Waals surface area contributed by atoms with Gasteiger partial charge >= 0.3 is 0 Å². The summed E-state index contributed by atoms with van der Waals surface area (Å²) in [6.45, 7) is 0. The lowest BCUT2D eigenvalue weighted by Gasteiger charge is -2.04. The number of carbonyl (C=O) groups is 1. The van der Waals surface area contributed by atoms with E-state index in [1.54, 1.807) is 6.20 Å². The minimum atomic E-state index is -0.625. The fourth-order valence-corrected chi connectivity index (χ4v) is 3.45. The Labute approximate surface area is 137 Å². The standard InChI is InChI=1S/C16H13Cl2NOS/c17-16(18)9-13(16)11-4-6-12(7-5-11)14(20)10-21-15-3-1-2-8-19-15/h1-8,13H,9-10H2/t13-/m1/s1. The third-order valence-corrected chi connectivity index (χ3v) is 5.23. The third kappa shape index (κ3) is 3.60. The zero-order valence-electron chi connectivity index (χ0n) is 11.1. The lowest BCUT2D eigenvalue weighted by Crippen LogP contribution is -2.03. The quantitative estimate of drug-likeness (QED) is 0.449. The molecule has 0 amide bonds. The molecule has 1 aliphatic rings. The molecule has 5 heteroatoms. The molecule has 0 N–H and O–H groups in total. The second-order valence-electron chi connectivity index (χ2n) is 5.02. The van der Waals surface area contributed by atoms with Gasteiger partial charge in [0.25, 0.3) is 0 Å². The van der Waals surface area contributed by atoms with Crippen LogP contribution in [0.4, 0.5) is 0 Å². The Kier molecular flexibility index (Phi) is 4.25. The third-order valence-electron chi connectivity index (χ3n) is 3.45. The summed E-state index contributed by atoms with van der Waals surface area (Å²) in [5.41, 5.74) is 1.80. The molecule has 0 bridgehead atoms. The Balaban J connectivity index is 1.60. The number of carbonyl (C=O) groups excluding carboxylic acids is 1. The van der Waals surface area contributed by atoms with Crippen molar-refractivity contribution in [3.8, 4) is 0 Å². The lowest BCUT2D eigenvalue weighted by atomic mass is 10.1. The van der Waals surface area contributed by atoms with Crippen LogP contribution < -0.4 is 0 Å². The first-order valence-electron chi connectivity index (χ1n) is 6.61. The van der Waals surface area contributed by atoms with Crippen LogP contribution in [0.3, 0.4) is 0 Å². The number of aromatic nitrogens is 1. The van der Waals surface area contributed by atoms with E-state index in [9.17, 15) is 4.79 Å². The molecule has 1 saturated carbocycles. The molecule has 0 unspecified atom stereocenters. The second kappa shape index (κ2) is 5.99. The van der Waals surface area contributed by atoms with Gasteiger partial charge in [0.1, 0.15) is 4.33 Å². The molecule has 1 aliphatic carbocycles. The van der Waals surface area contributed by atoms with Gasteiger partial charge in [0, 0.05) is 17.7 Å². The second-order valence-corrected chi connectivity index (χ2v) is 7.56. The van der Waals surface area contributed by atoms with Crippen LogP contribution in [0.15, 0.2) is 53.7 Å². The van der Waals surface area contributed by atoms with Crippen LogP contribution in [0.5, 0.6) is 0 Å². The average Bonchev–Trinajstić information content (AvgIpc) is 3.15. The molecule has 1 aromatic heterocycles. The molecule has 21 heavy (non-hydrogen) atoms. The van der Waals surface area contributed by atoms with Crippen molar-refractivity contribution in [1.82, 2.24) is 4.98 Å². The topological polar surface area (TPSA) is 30.0 Å². The SMILES string of the molecule is O=C(CSc1ccccn1)c1ccc([C@H]2CC2(Cl)Cl)cc1. The molecule has 1 heterocycles. The Morgan fingerprint density at radius 3 is 2.52 bits per heavy atom. The van der Waals surface area contributed by atoms with E-state index < -0.39 is 4.33 Å². The maximum absolute atomic E-state index is 12.1. The van der Waals surface area contributed by atoms with E-state index in [0.29, 0.717) is 11.3 Å². The van der Waals surface area contributed by atoms with Gasteiger partial charge in [-0.1, -0.05) is 42.1 Å². The van der Waals surface area contributed by atoms with Crippen molar-refractivity contribution in [2.24, 2.45) is 0 Å². The van der Waals surface area contributed by atoms with E-state index >= 15 is 0 Å². The van der Waals surface area contributed by atoms with Crippen LogP contribution in [-0.4, -0.2) is 20.9 Å². The molecule has 1 atom stereocenters. The number of ketones is 1. The normalized spacial score (nSPS) is 19.2. The highest BCUT2D eigenvalue weighted by molar-refractivity contribution is 7.99. The molecular weight excluding hydrogens is 325 g/mol. The smallest absolute Gasteiger partial charge is 0.173 e. The van der Waals surface area contributed by atoms with Crippen molar-refractivity contribution in [3.63, 3.8) is 0 Å². The molecule has 2 nitrogen and oxygen atoms in total. The summed E-state index contributed by atoms with van der Waals surface area (Å²) in [6, 6.07) is 13.2. The maximum Gasteiger partial charge on any atom is 0.173 e. The van der Waals surface area contributed by atoms with Crippen LogP contribution in [0, 0.1) is 0 Å². The van der Waals surface area contributed by atoms with Gasteiger partial charge in [-0.3, -0.25) is 4.79 Å². The molecule has 3 rings (SSSR count). The molecule has 0 saturated heterocycles. The van der Waals surface area contributed by atoms with Crippen molar-refractivity contribution in [2.75, 3.05) is 5.75 Å². The van der Waals surface area contributed by atoms with Gasteiger partial charge in [-0.2, -0.15) is 0 Å². The van der Waals surface area contributed by atoms with Gasteiger partial charge in [0.05, 0.1) is 10.8 Å². The van der Waals surface area contributed by atoms with E-state index in [1.165, 1.54) is 11.8 Å². The number of rotatable bonds is 5. The zero-order chi connectivity index (χ0) is 14.9. The summed E-state index contributed by atoms with van der Waals surface area (Å²) >= 11 is 13.5. The number of benzene rings is 1. The molecule has 2 aromatic rings. The van der Waals surface area contributed by atoms with E-state index in [2.05, 4.69) is 4.98 Å². The van der Waals surface area contributed by atoms with Crippen LogP contribution in [0.2, 0.25) is 0 Å². The van der Waals surface area contributed by atoms with Crippen molar-refractivity contribution < 1.29 is 4.79 Å². The molecule has 0 spiro atoms. The fourth-order valence-electron chi connectivity index (χ4n) is 2.13. The van der Waals surface area contributed by atoms with Crippen molar-refractivity contribution in [1.29, 1.82) is 0 Å². The Bertz CT molecular complexity index is 643. The van der Waals surface area contributed by atoms with E-state index in [-0.39, 0.29) is 11.7 Å². The number of pyridine rings is 1. The minimum Gasteiger partial charge on any atom is -0.293 e. The summed E-state index contributed by atoms with van der Waals surface area (Å²) in [7, 11) is 0. The number of nitrogens with zero attached hydrogens (tertiary/aromatic N) is 1. The van der Waals surface area contributed by atoms with Crippen LogP contribution in [0.1, 0.15) is 28.3 Å². The molecule has 108 valence electrons. The first-order valence-corrected chi connectivity index (χ1v) is 8.35. The highest BCUT2D eigenvalue weighted by Crippen LogP contribution is 2.59. The first kappa shape index (κ1) is 14.9. The number of alkyl halides is 2.